The summed E-state index contributed by atoms with van der Waals surface area (Å²) in [7, 11) is -1.40. The number of hydrogen-bond acceptors (Lipinski definition) is 4. The second-order valence-electron chi connectivity index (χ2n) is 5.06. The Morgan fingerprint density at radius 3 is 2.50 bits per heavy atom. The Labute approximate surface area is 127 Å². The van der Waals surface area contributed by atoms with Crippen LogP contribution in [0.2, 0.25) is 0 Å². The quantitative estimate of drug-likeness (QED) is 0.868. The van der Waals surface area contributed by atoms with E-state index < -0.39 is 10.0 Å². The molecule has 0 aliphatic carbocycles. The van der Waals surface area contributed by atoms with E-state index in [1.807, 2.05) is 0 Å². The molecule has 1 aromatic heterocycles. The minimum absolute atomic E-state index is 0.0794. The number of aromatic nitrogens is 1. The van der Waals surface area contributed by atoms with Crippen LogP contribution in [0.5, 0.6) is 0 Å². The van der Waals surface area contributed by atoms with Crippen LogP contribution >= 0.6 is 15.9 Å². The topological polar surface area (TPSA) is 71.4 Å². The Bertz CT molecular complexity index is 648. The summed E-state index contributed by atoms with van der Waals surface area (Å²) in [5.74, 6) is 0. The van der Waals surface area contributed by atoms with Crippen molar-refractivity contribution in [3.8, 4) is 0 Å². The van der Waals surface area contributed by atoms with Gasteiger partial charge >= 0.3 is 0 Å². The number of anilines is 1. The summed E-state index contributed by atoms with van der Waals surface area (Å²) in [6, 6.07) is 1.73. The van der Waals surface area contributed by atoms with Crippen LogP contribution in [-0.4, -0.2) is 42.7 Å². The maximum absolute atomic E-state index is 11.6. The number of nitrogens with zero attached hydrogens (tertiary/aromatic N) is 2. The molecule has 6 nitrogen and oxygen atoms in total. The fourth-order valence-electron chi connectivity index (χ4n) is 2.26. The van der Waals surface area contributed by atoms with E-state index in [2.05, 4.69) is 21.2 Å². The lowest BCUT2D eigenvalue weighted by molar-refractivity contribution is 0.332. The van der Waals surface area contributed by atoms with Crippen LogP contribution in [0.3, 0.4) is 0 Å². The predicted octanol–water partition coefficient (Wildman–Crippen LogP) is 0.984. The van der Waals surface area contributed by atoms with Crippen molar-refractivity contribution in [3.05, 3.63) is 27.1 Å². The number of halogens is 1. The summed E-state index contributed by atoms with van der Waals surface area (Å²) in [6.45, 7) is 1.03. The molecule has 0 atom stereocenters. The molecule has 0 aromatic carbocycles. The van der Waals surface area contributed by atoms with Crippen molar-refractivity contribution < 1.29 is 8.42 Å². The van der Waals surface area contributed by atoms with Gasteiger partial charge in [0.1, 0.15) is 0 Å². The monoisotopic (exact) mass is 363 g/mol. The van der Waals surface area contributed by atoms with Crippen LogP contribution in [-0.2, 0) is 17.1 Å². The smallest absolute Gasteiger partial charge is 0.252 e. The maximum atomic E-state index is 11.6. The molecule has 0 bridgehead atoms. The van der Waals surface area contributed by atoms with Crippen molar-refractivity contribution in [3.63, 3.8) is 0 Å². The van der Waals surface area contributed by atoms with Gasteiger partial charge in [0, 0.05) is 38.4 Å². The molecule has 1 N–H and O–H groups in total. The van der Waals surface area contributed by atoms with E-state index >= 15 is 0 Å². The Balaban J connectivity index is 2.03. The zero-order valence-corrected chi connectivity index (χ0v) is 13.9. The summed E-state index contributed by atoms with van der Waals surface area (Å²) >= 11 is 3.42. The number of rotatable bonds is 3. The molecule has 0 radical (unpaired) electrons. The molecule has 1 fully saturated rings. The summed E-state index contributed by atoms with van der Waals surface area (Å²) in [5.41, 5.74) is 0.676. The Kier molecular flexibility index (Phi) is 4.55. The lowest BCUT2D eigenvalue weighted by Gasteiger charge is -2.31. The summed E-state index contributed by atoms with van der Waals surface area (Å²) in [6.07, 6.45) is 4.41. The zero-order chi connectivity index (χ0) is 14.9. The molecule has 112 valence electrons. The van der Waals surface area contributed by atoms with E-state index in [1.54, 1.807) is 19.3 Å². The summed E-state index contributed by atoms with van der Waals surface area (Å²) in [4.78, 5) is 11.6. The Hall–Kier alpha value is -0.860. The van der Waals surface area contributed by atoms with Gasteiger partial charge in [0.05, 0.1) is 16.4 Å². The predicted molar refractivity (Wildman–Crippen MR) is 82.4 cm³/mol. The molecule has 20 heavy (non-hydrogen) atoms. The first-order valence-electron chi connectivity index (χ1n) is 6.35. The lowest BCUT2D eigenvalue weighted by atomic mass is 10.1. The van der Waals surface area contributed by atoms with Gasteiger partial charge in [-0.3, -0.25) is 4.79 Å². The molecule has 2 heterocycles. The first-order valence-corrected chi connectivity index (χ1v) is 8.99. The van der Waals surface area contributed by atoms with Crippen molar-refractivity contribution in [1.29, 1.82) is 0 Å². The highest BCUT2D eigenvalue weighted by Crippen LogP contribution is 2.23. The molecular weight excluding hydrogens is 346 g/mol. The van der Waals surface area contributed by atoms with Gasteiger partial charge < -0.3 is 9.88 Å². The van der Waals surface area contributed by atoms with Gasteiger partial charge in [-0.2, -0.15) is 0 Å². The summed E-state index contributed by atoms with van der Waals surface area (Å²) in [5, 5.41) is 3.31. The number of pyridine rings is 1. The van der Waals surface area contributed by atoms with E-state index in [0.29, 0.717) is 13.1 Å². The van der Waals surface area contributed by atoms with Crippen molar-refractivity contribution in [1.82, 2.24) is 8.87 Å². The highest BCUT2D eigenvalue weighted by Gasteiger charge is 2.25. The molecule has 1 aliphatic rings. The number of sulfonamides is 1. The van der Waals surface area contributed by atoms with Crippen molar-refractivity contribution in [2.75, 3.05) is 24.7 Å². The minimum atomic E-state index is -3.10. The number of nitrogens with one attached hydrogen (secondary N) is 1. The third kappa shape index (κ3) is 3.62. The molecule has 2 rings (SSSR count). The number of aryl methyl sites for hydroxylation is 1. The van der Waals surface area contributed by atoms with Gasteiger partial charge in [0.25, 0.3) is 5.56 Å². The van der Waals surface area contributed by atoms with Crippen LogP contribution in [0.15, 0.2) is 21.5 Å². The van der Waals surface area contributed by atoms with Gasteiger partial charge in [-0.25, -0.2) is 12.7 Å². The van der Waals surface area contributed by atoms with E-state index in [-0.39, 0.29) is 11.6 Å². The van der Waals surface area contributed by atoms with Gasteiger partial charge in [-0.05, 0) is 28.8 Å². The van der Waals surface area contributed by atoms with Crippen molar-refractivity contribution in [2.24, 2.45) is 7.05 Å². The van der Waals surface area contributed by atoms with E-state index in [1.165, 1.54) is 15.1 Å². The van der Waals surface area contributed by atoms with Gasteiger partial charge in [-0.1, -0.05) is 0 Å². The maximum Gasteiger partial charge on any atom is 0.252 e. The Morgan fingerprint density at radius 1 is 1.35 bits per heavy atom. The van der Waals surface area contributed by atoms with Crippen molar-refractivity contribution >= 4 is 31.6 Å². The molecule has 1 aliphatic heterocycles. The first kappa shape index (κ1) is 15.5. The highest BCUT2D eigenvalue weighted by atomic mass is 79.9. The van der Waals surface area contributed by atoms with Crippen LogP contribution in [0.1, 0.15) is 12.8 Å². The second-order valence-corrected chi connectivity index (χ2v) is 7.90. The van der Waals surface area contributed by atoms with Gasteiger partial charge in [0.2, 0.25) is 10.0 Å². The molecule has 1 aromatic rings. The first-order chi connectivity index (χ1) is 9.27. The van der Waals surface area contributed by atoms with Gasteiger partial charge in [0.15, 0.2) is 0 Å². The standard InChI is InChI=1S/C12H18BrN3O3S/c1-15-8-10(13)11(7-12(15)17)14-9-3-5-16(6-4-9)20(2,18)19/h7-9,14H,3-6H2,1-2H3. The minimum Gasteiger partial charge on any atom is -0.381 e. The number of hydrogen-bond donors (Lipinski definition) is 1. The lowest BCUT2D eigenvalue weighted by Crippen LogP contribution is -2.42. The van der Waals surface area contributed by atoms with E-state index in [0.717, 1.165) is 23.0 Å². The van der Waals surface area contributed by atoms with Crippen LogP contribution in [0, 0.1) is 0 Å². The third-order valence-electron chi connectivity index (χ3n) is 3.46. The largest absolute Gasteiger partial charge is 0.381 e. The Morgan fingerprint density at radius 2 is 1.95 bits per heavy atom. The average Bonchev–Trinajstić information content (AvgIpc) is 2.35. The molecule has 0 saturated carbocycles. The molecule has 1 saturated heterocycles. The second kappa shape index (κ2) is 5.87. The van der Waals surface area contributed by atoms with Crippen LogP contribution < -0.4 is 10.9 Å². The van der Waals surface area contributed by atoms with Crippen LogP contribution in [0.4, 0.5) is 5.69 Å². The summed E-state index contributed by atoms with van der Waals surface area (Å²) < 4.78 is 26.7. The SMILES string of the molecule is Cn1cc(Br)c(NC2CCN(S(C)(=O)=O)CC2)cc1=O. The molecule has 0 unspecified atom stereocenters. The fraction of sp³-hybridized carbons (Fsp3) is 0.583. The molecule has 0 amide bonds. The normalized spacial score (nSPS) is 18.1. The third-order valence-corrected chi connectivity index (χ3v) is 5.40. The molecule has 8 heteroatoms. The fourth-order valence-corrected chi connectivity index (χ4v) is 3.67. The number of piperidine rings is 1. The average molecular weight is 364 g/mol. The van der Waals surface area contributed by atoms with E-state index in [4.69, 9.17) is 0 Å². The van der Waals surface area contributed by atoms with Crippen LogP contribution in [0.25, 0.3) is 0 Å². The highest BCUT2D eigenvalue weighted by molar-refractivity contribution is 9.10. The van der Waals surface area contributed by atoms with Gasteiger partial charge in [-0.15, -0.1) is 0 Å². The van der Waals surface area contributed by atoms with E-state index in [9.17, 15) is 13.2 Å². The molecular formula is C12H18BrN3O3S. The zero-order valence-electron chi connectivity index (χ0n) is 11.5. The molecule has 0 spiro atoms. The van der Waals surface area contributed by atoms with Crippen molar-refractivity contribution in [2.45, 2.75) is 18.9 Å².